The Morgan fingerprint density at radius 1 is 1.33 bits per heavy atom. The minimum Gasteiger partial charge on any atom is -0.507 e. The van der Waals surface area contributed by atoms with Crippen molar-refractivity contribution >= 4 is 22.4 Å². The molecule has 2 rings (SSSR count). The van der Waals surface area contributed by atoms with Gasteiger partial charge in [0.05, 0.1) is 5.56 Å². The van der Waals surface area contributed by atoms with E-state index in [9.17, 15) is 9.90 Å². The number of phenolic OH excluding ortho intramolecular Hbond substituents is 1. The third-order valence-corrected chi connectivity index (χ3v) is 4.39. The molecule has 0 aliphatic carbocycles. The van der Waals surface area contributed by atoms with E-state index in [1.54, 1.807) is 18.2 Å². The molecule has 2 N–H and O–H groups in total. The van der Waals surface area contributed by atoms with Crippen LogP contribution < -0.4 is 5.32 Å². The summed E-state index contributed by atoms with van der Waals surface area (Å²) in [5.74, 6) is -0.0297. The molecule has 0 bridgehead atoms. The van der Waals surface area contributed by atoms with Crippen LogP contribution >= 0.6 is 11.3 Å². The molecule has 0 radical (unpaired) electrons. The number of nitrogens with zero attached hydrogens (tertiary/aromatic N) is 2. The summed E-state index contributed by atoms with van der Waals surface area (Å²) < 4.78 is 0. The van der Waals surface area contributed by atoms with Crippen molar-refractivity contribution in [2.24, 2.45) is 0 Å². The average Bonchev–Trinajstić information content (AvgIpc) is 2.88. The minimum absolute atomic E-state index is 0.0303. The number of phenols is 1. The molecule has 0 saturated carbocycles. The van der Waals surface area contributed by atoms with Gasteiger partial charge in [0.25, 0.3) is 5.91 Å². The Balaban J connectivity index is 2.13. The number of carbonyl (C=O) groups is 1. The largest absolute Gasteiger partial charge is 0.507 e. The number of hydrogen-bond acceptors (Lipinski definition) is 5. The lowest BCUT2D eigenvalue weighted by molar-refractivity contribution is 0.102. The summed E-state index contributed by atoms with van der Waals surface area (Å²) in [6, 6.07) is 4.94. The Bertz CT molecular complexity index is 636. The van der Waals surface area contributed by atoms with E-state index in [1.165, 1.54) is 11.3 Å². The lowest BCUT2D eigenvalue weighted by atomic mass is 10.1. The van der Waals surface area contributed by atoms with E-state index in [0.717, 1.165) is 23.4 Å². The Hall–Kier alpha value is -1.95. The lowest BCUT2D eigenvalue weighted by Crippen LogP contribution is -2.11. The van der Waals surface area contributed by atoms with Gasteiger partial charge < -0.3 is 5.11 Å². The molecule has 112 valence electrons. The zero-order valence-electron chi connectivity index (χ0n) is 12.4. The van der Waals surface area contributed by atoms with E-state index >= 15 is 0 Å². The van der Waals surface area contributed by atoms with Gasteiger partial charge in [0.1, 0.15) is 10.8 Å². The molecule has 1 aromatic heterocycles. The van der Waals surface area contributed by atoms with Crippen molar-refractivity contribution in [2.75, 3.05) is 5.32 Å². The summed E-state index contributed by atoms with van der Waals surface area (Å²) in [7, 11) is 0. The van der Waals surface area contributed by atoms with Crippen LogP contribution in [0.3, 0.4) is 0 Å². The fourth-order valence-corrected chi connectivity index (χ4v) is 3.09. The second-order valence-corrected chi connectivity index (χ2v) is 5.94. The maximum absolute atomic E-state index is 12.1. The van der Waals surface area contributed by atoms with E-state index in [4.69, 9.17) is 0 Å². The molecule has 0 spiro atoms. The molecule has 0 saturated heterocycles. The molecule has 0 aliphatic heterocycles. The highest BCUT2D eigenvalue weighted by molar-refractivity contribution is 7.15. The molecule has 0 atom stereocenters. The number of amides is 1. The van der Waals surface area contributed by atoms with Gasteiger partial charge in [0.15, 0.2) is 0 Å². The Morgan fingerprint density at radius 3 is 2.67 bits per heavy atom. The van der Waals surface area contributed by atoms with Crippen LogP contribution in [0.1, 0.15) is 53.5 Å². The molecule has 0 fully saturated rings. The van der Waals surface area contributed by atoms with Crippen LogP contribution in [0.2, 0.25) is 0 Å². The number of benzene rings is 1. The van der Waals surface area contributed by atoms with Gasteiger partial charge >= 0.3 is 0 Å². The molecule has 2 aromatic rings. The summed E-state index contributed by atoms with van der Waals surface area (Å²) in [4.78, 5) is 12.1. The van der Waals surface area contributed by atoms with Gasteiger partial charge in [-0.25, -0.2) is 0 Å². The molecule has 0 unspecified atom stereocenters. The van der Waals surface area contributed by atoms with Crippen molar-refractivity contribution in [2.45, 2.75) is 39.5 Å². The minimum atomic E-state index is -0.375. The third-order valence-electron chi connectivity index (χ3n) is 3.39. The van der Waals surface area contributed by atoms with Gasteiger partial charge in [-0.3, -0.25) is 10.1 Å². The van der Waals surface area contributed by atoms with Crippen LogP contribution in [0.5, 0.6) is 5.75 Å². The van der Waals surface area contributed by atoms with Crippen LogP contribution in [0.15, 0.2) is 18.2 Å². The summed E-state index contributed by atoms with van der Waals surface area (Å²) in [5.41, 5.74) is 1.14. The molecular weight excluding hydrogens is 286 g/mol. The standard InChI is InChI=1S/C15H19N3O2S/c1-4-10(5-2)14-17-18-15(21-14)16-13(20)11-7-6-9(3)8-12(11)19/h6-8,10,19H,4-5H2,1-3H3,(H,16,18,20). The van der Waals surface area contributed by atoms with E-state index < -0.39 is 0 Å². The first-order chi connectivity index (χ1) is 10.0. The predicted octanol–water partition coefficient (Wildman–Crippen LogP) is 3.71. The van der Waals surface area contributed by atoms with Gasteiger partial charge in [-0.05, 0) is 37.5 Å². The van der Waals surface area contributed by atoms with Gasteiger partial charge in [-0.2, -0.15) is 0 Å². The summed E-state index contributed by atoms with van der Waals surface area (Å²) in [6.07, 6.45) is 2.00. The van der Waals surface area contributed by atoms with Crippen molar-refractivity contribution in [3.05, 3.63) is 34.3 Å². The summed E-state index contributed by atoms with van der Waals surface area (Å²) >= 11 is 1.39. The first-order valence-corrected chi connectivity index (χ1v) is 7.81. The van der Waals surface area contributed by atoms with Crippen molar-refractivity contribution in [1.29, 1.82) is 0 Å². The molecule has 21 heavy (non-hydrogen) atoms. The van der Waals surface area contributed by atoms with Crippen molar-refractivity contribution in [3.8, 4) is 5.75 Å². The van der Waals surface area contributed by atoms with E-state index in [0.29, 0.717) is 11.0 Å². The number of rotatable bonds is 5. The lowest BCUT2D eigenvalue weighted by Gasteiger charge is -2.06. The monoisotopic (exact) mass is 305 g/mol. The number of nitrogens with one attached hydrogen (secondary N) is 1. The van der Waals surface area contributed by atoms with Crippen molar-refractivity contribution in [3.63, 3.8) is 0 Å². The number of anilines is 1. The fourth-order valence-electron chi connectivity index (χ4n) is 2.09. The maximum atomic E-state index is 12.1. The van der Waals surface area contributed by atoms with Gasteiger partial charge in [-0.15, -0.1) is 10.2 Å². The van der Waals surface area contributed by atoms with E-state index in [-0.39, 0.29) is 17.2 Å². The number of carbonyl (C=O) groups excluding carboxylic acids is 1. The van der Waals surface area contributed by atoms with Crippen LogP contribution in [0, 0.1) is 6.92 Å². The highest BCUT2D eigenvalue weighted by atomic mass is 32.1. The van der Waals surface area contributed by atoms with Crippen molar-refractivity contribution in [1.82, 2.24) is 10.2 Å². The molecule has 6 heteroatoms. The predicted molar refractivity (Wildman–Crippen MR) is 84.0 cm³/mol. The van der Waals surface area contributed by atoms with Crippen LogP contribution in [0.25, 0.3) is 0 Å². The average molecular weight is 305 g/mol. The quantitative estimate of drug-likeness (QED) is 0.883. The van der Waals surface area contributed by atoms with E-state index in [1.807, 2.05) is 6.92 Å². The first-order valence-electron chi connectivity index (χ1n) is 6.99. The number of hydrogen-bond donors (Lipinski definition) is 2. The molecular formula is C15H19N3O2S. The second kappa shape index (κ2) is 6.67. The molecule has 1 amide bonds. The zero-order valence-corrected chi connectivity index (χ0v) is 13.2. The topological polar surface area (TPSA) is 75.1 Å². The van der Waals surface area contributed by atoms with Crippen LogP contribution in [-0.2, 0) is 0 Å². The van der Waals surface area contributed by atoms with Gasteiger partial charge in [0.2, 0.25) is 5.13 Å². The zero-order chi connectivity index (χ0) is 15.4. The van der Waals surface area contributed by atoms with Crippen LogP contribution in [0.4, 0.5) is 5.13 Å². The number of aromatic nitrogens is 2. The molecule has 0 aliphatic rings. The summed E-state index contributed by atoms with van der Waals surface area (Å²) in [5, 5.41) is 22.0. The second-order valence-electron chi connectivity index (χ2n) is 4.93. The number of aryl methyl sites for hydroxylation is 1. The molecule has 1 heterocycles. The van der Waals surface area contributed by atoms with Crippen molar-refractivity contribution < 1.29 is 9.90 Å². The SMILES string of the molecule is CCC(CC)c1nnc(NC(=O)c2ccc(C)cc2O)s1. The molecule has 5 nitrogen and oxygen atoms in total. The Kier molecular flexibility index (Phi) is 4.90. The normalized spacial score (nSPS) is 10.9. The Morgan fingerprint density at radius 2 is 2.05 bits per heavy atom. The Labute approximate surface area is 128 Å². The summed E-state index contributed by atoms with van der Waals surface area (Å²) in [6.45, 7) is 6.07. The van der Waals surface area contributed by atoms with Gasteiger partial charge in [0, 0.05) is 5.92 Å². The smallest absolute Gasteiger partial charge is 0.261 e. The first kappa shape index (κ1) is 15.4. The highest BCUT2D eigenvalue weighted by Gasteiger charge is 2.16. The van der Waals surface area contributed by atoms with Gasteiger partial charge in [-0.1, -0.05) is 31.3 Å². The fraction of sp³-hybridized carbons (Fsp3) is 0.400. The van der Waals surface area contributed by atoms with Crippen LogP contribution in [-0.4, -0.2) is 21.2 Å². The maximum Gasteiger partial charge on any atom is 0.261 e. The third kappa shape index (κ3) is 3.58. The highest BCUT2D eigenvalue weighted by Crippen LogP contribution is 2.28. The van der Waals surface area contributed by atoms with E-state index in [2.05, 4.69) is 29.4 Å². The molecule has 1 aromatic carbocycles. The number of aromatic hydroxyl groups is 1.